The van der Waals surface area contributed by atoms with E-state index in [1.54, 1.807) is 18.3 Å². The highest BCUT2D eigenvalue weighted by Crippen LogP contribution is 2.37. The van der Waals surface area contributed by atoms with E-state index in [0.29, 0.717) is 6.04 Å². The minimum Gasteiger partial charge on any atom is -0.381 e. The van der Waals surface area contributed by atoms with Gasteiger partial charge in [-0.15, -0.1) is 0 Å². The van der Waals surface area contributed by atoms with Gasteiger partial charge in [0.2, 0.25) is 0 Å². The number of nitrogens with one attached hydrogen (secondary N) is 1. The third-order valence-electron chi connectivity index (χ3n) is 3.96. The van der Waals surface area contributed by atoms with Crippen molar-refractivity contribution in [1.29, 1.82) is 0 Å². The maximum absolute atomic E-state index is 11.4. The summed E-state index contributed by atoms with van der Waals surface area (Å²) in [7, 11) is -3.21. The summed E-state index contributed by atoms with van der Waals surface area (Å²) in [5.41, 5.74) is 1.17. The second-order valence-electron chi connectivity index (χ2n) is 6.09. The minimum atomic E-state index is -3.21. The number of nitrogens with zero attached hydrogens (tertiary/aromatic N) is 1. The smallest absolute Gasteiger partial charge is 0.192 e. The first-order chi connectivity index (χ1) is 8.79. The van der Waals surface area contributed by atoms with E-state index < -0.39 is 9.84 Å². The van der Waals surface area contributed by atoms with Gasteiger partial charge in [-0.05, 0) is 30.4 Å². The maximum Gasteiger partial charge on any atom is 0.192 e. The Morgan fingerprint density at radius 3 is 2.58 bits per heavy atom. The fourth-order valence-corrected chi connectivity index (χ4v) is 3.21. The van der Waals surface area contributed by atoms with Crippen LogP contribution >= 0.6 is 0 Å². The predicted molar refractivity (Wildman–Crippen MR) is 77.0 cm³/mol. The lowest BCUT2D eigenvalue weighted by atomic mass is 9.73. The van der Waals surface area contributed by atoms with Crippen LogP contribution in [0.25, 0.3) is 0 Å². The Labute approximate surface area is 115 Å². The summed E-state index contributed by atoms with van der Waals surface area (Å²) in [6.07, 6.45) is 7.69. The second-order valence-corrected chi connectivity index (χ2v) is 8.05. The molecule has 1 saturated carbocycles. The summed E-state index contributed by atoms with van der Waals surface area (Å²) in [6.45, 7) is 4.56. The predicted octanol–water partition coefficient (Wildman–Crippen LogP) is 2.87. The lowest BCUT2D eigenvalue weighted by Crippen LogP contribution is -2.38. The van der Waals surface area contributed by atoms with Gasteiger partial charge in [0.25, 0.3) is 0 Å². The first-order valence-electron chi connectivity index (χ1n) is 6.72. The van der Waals surface area contributed by atoms with Crippen molar-refractivity contribution >= 4 is 15.5 Å². The van der Waals surface area contributed by atoms with E-state index in [1.165, 1.54) is 25.5 Å². The van der Waals surface area contributed by atoms with Crippen LogP contribution in [0, 0.1) is 5.41 Å². The SMILES string of the molecule is CC1(C)CCCCC1Nc1ccc(S(C)(=O)=O)nc1. The van der Waals surface area contributed by atoms with Crippen molar-refractivity contribution in [2.75, 3.05) is 11.6 Å². The average molecular weight is 282 g/mol. The molecule has 0 amide bonds. The van der Waals surface area contributed by atoms with E-state index in [0.717, 1.165) is 12.1 Å². The average Bonchev–Trinajstić information content (AvgIpc) is 2.31. The van der Waals surface area contributed by atoms with Gasteiger partial charge < -0.3 is 5.32 Å². The summed E-state index contributed by atoms with van der Waals surface area (Å²) in [5, 5.41) is 3.62. The molecular weight excluding hydrogens is 260 g/mol. The van der Waals surface area contributed by atoms with Crippen LogP contribution in [0.1, 0.15) is 39.5 Å². The Balaban J connectivity index is 2.11. The van der Waals surface area contributed by atoms with Gasteiger partial charge in [-0.25, -0.2) is 13.4 Å². The summed E-state index contributed by atoms with van der Waals surface area (Å²) in [4.78, 5) is 4.01. The number of aromatic nitrogens is 1. The standard InChI is InChI=1S/C14H22N2O2S/c1-14(2)9-5-4-6-12(14)16-11-7-8-13(15-10-11)19(3,17)18/h7-8,10,12,16H,4-6,9H2,1-3H3. The van der Waals surface area contributed by atoms with Crippen LogP contribution in [0.3, 0.4) is 0 Å². The molecule has 1 unspecified atom stereocenters. The molecule has 0 aliphatic heterocycles. The lowest BCUT2D eigenvalue weighted by molar-refractivity contribution is 0.217. The molecule has 4 nitrogen and oxygen atoms in total. The van der Waals surface area contributed by atoms with Crippen LogP contribution < -0.4 is 5.32 Å². The molecule has 19 heavy (non-hydrogen) atoms. The molecule has 1 heterocycles. The molecule has 5 heteroatoms. The third-order valence-corrected chi connectivity index (χ3v) is 4.97. The molecule has 1 aliphatic rings. The van der Waals surface area contributed by atoms with Crippen molar-refractivity contribution in [1.82, 2.24) is 4.98 Å². The molecular formula is C14H22N2O2S. The molecule has 106 valence electrons. The molecule has 2 rings (SSSR count). The second kappa shape index (κ2) is 5.12. The summed E-state index contributed by atoms with van der Waals surface area (Å²) in [5.74, 6) is 0. The van der Waals surface area contributed by atoms with Crippen molar-refractivity contribution in [2.24, 2.45) is 5.41 Å². The van der Waals surface area contributed by atoms with Crippen LogP contribution in [0.5, 0.6) is 0 Å². The molecule has 0 saturated heterocycles. The minimum absolute atomic E-state index is 0.126. The number of hydrogen-bond donors (Lipinski definition) is 1. The molecule has 1 aromatic heterocycles. The number of pyridine rings is 1. The number of hydrogen-bond acceptors (Lipinski definition) is 4. The van der Waals surface area contributed by atoms with Gasteiger partial charge in [0.15, 0.2) is 14.9 Å². The van der Waals surface area contributed by atoms with E-state index in [-0.39, 0.29) is 10.4 Å². The van der Waals surface area contributed by atoms with Gasteiger partial charge in [-0.3, -0.25) is 0 Å². The summed E-state index contributed by atoms with van der Waals surface area (Å²) < 4.78 is 22.7. The number of rotatable bonds is 3. The molecule has 0 aromatic carbocycles. The Morgan fingerprint density at radius 2 is 2.05 bits per heavy atom. The van der Waals surface area contributed by atoms with Crippen LogP contribution in [0.4, 0.5) is 5.69 Å². The summed E-state index contributed by atoms with van der Waals surface area (Å²) >= 11 is 0. The van der Waals surface area contributed by atoms with Crippen molar-refractivity contribution in [3.05, 3.63) is 18.3 Å². The molecule has 1 aliphatic carbocycles. The fraction of sp³-hybridized carbons (Fsp3) is 0.643. The number of sulfone groups is 1. The molecule has 1 N–H and O–H groups in total. The normalized spacial score (nSPS) is 23.0. The van der Waals surface area contributed by atoms with Crippen molar-refractivity contribution in [3.63, 3.8) is 0 Å². The zero-order valence-electron chi connectivity index (χ0n) is 11.8. The van der Waals surface area contributed by atoms with Gasteiger partial charge in [0, 0.05) is 12.3 Å². The lowest BCUT2D eigenvalue weighted by Gasteiger charge is -2.39. The van der Waals surface area contributed by atoms with Crippen molar-refractivity contribution in [2.45, 2.75) is 50.6 Å². The van der Waals surface area contributed by atoms with Crippen LogP contribution in [-0.4, -0.2) is 25.7 Å². The topological polar surface area (TPSA) is 59.1 Å². The van der Waals surface area contributed by atoms with Crippen LogP contribution in [0.2, 0.25) is 0 Å². The molecule has 1 atom stereocenters. The van der Waals surface area contributed by atoms with Gasteiger partial charge in [0.05, 0.1) is 11.9 Å². The van der Waals surface area contributed by atoms with Crippen molar-refractivity contribution in [3.8, 4) is 0 Å². The first kappa shape index (κ1) is 14.3. The van der Waals surface area contributed by atoms with E-state index in [9.17, 15) is 8.42 Å². The largest absolute Gasteiger partial charge is 0.381 e. The summed E-state index contributed by atoms with van der Waals surface area (Å²) in [6, 6.07) is 3.79. The number of anilines is 1. The van der Waals surface area contributed by atoms with Gasteiger partial charge >= 0.3 is 0 Å². The zero-order chi connectivity index (χ0) is 14.1. The van der Waals surface area contributed by atoms with Crippen LogP contribution in [-0.2, 0) is 9.84 Å². The van der Waals surface area contributed by atoms with E-state index in [1.807, 2.05) is 0 Å². The molecule has 0 spiro atoms. The molecule has 1 aromatic rings. The quantitative estimate of drug-likeness (QED) is 0.926. The molecule has 1 fully saturated rings. The fourth-order valence-electron chi connectivity index (χ4n) is 2.65. The van der Waals surface area contributed by atoms with Gasteiger partial charge in [-0.1, -0.05) is 26.7 Å². The molecule has 0 radical (unpaired) electrons. The first-order valence-corrected chi connectivity index (χ1v) is 8.61. The molecule has 0 bridgehead atoms. The maximum atomic E-state index is 11.4. The van der Waals surface area contributed by atoms with E-state index in [4.69, 9.17) is 0 Å². The van der Waals surface area contributed by atoms with Crippen molar-refractivity contribution < 1.29 is 8.42 Å². The third kappa shape index (κ3) is 3.47. The highest BCUT2D eigenvalue weighted by atomic mass is 32.2. The Hall–Kier alpha value is -1.10. The monoisotopic (exact) mass is 282 g/mol. The Bertz CT molecular complexity index is 535. The highest BCUT2D eigenvalue weighted by Gasteiger charge is 2.32. The Morgan fingerprint density at radius 1 is 1.32 bits per heavy atom. The van der Waals surface area contributed by atoms with Gasteiger partial charge in [-0.2, -0.15) is 0 Å². The highest BCUT2D eigenvalue weighted by molar-refractivity contribution is 7.90. The van der Waals surface area contributed by atoms with Crippen LogP contribution in [0.15, 0.2) is 23.4 Å². The van der Waals surface area contributed by atoms with E-state index >= 15 is 0 Å². The van der Waals surface area contributed by atoms with Gasteiger partial charge in [0.1, 0.15) is 0 Å². The zero-order valence-corrected chi connectivity index (χ0v) is 12.6. The van der Waals surface area contributed by atoms with E-state index in [2.05, 4.69) is 24.1 Å². The Kier molecular flexibility index (Phi) is 3.85.